The van der Waals surface area contributed by atoms with Gasteiger partial charge in [0.15, 0.2) is 0 Å². The molecule has 0 saturated carbocycles. The second-order valence-corrected chi connectivity index (χ2v) is 4.53. The topological polar surface area (TPSA) is 35.2 Å². The fourth-order valence-corrected chi connectivity index (χ4v) is 2.41. The molecule has 1 aliphatic rings. The van der Waals surface area contributed by atoms with Crippen LogP contribution in [-0.4, -0.2) is 6.54 Å². The molecule has 0 unspecified atom stereocenters. The summed E-state index contributed by atoms with van der Waals surface area (Å²) >= 11 is 0. The zero-order valence-corrected chi connectivity index (χ0v) is 9.90. The number of nitrogens with two attached hydrogens (primary N) is 1. The van der Waals surface area contributed by atoms with Crippen molar-refractivity contribution in [3.63, 3.8) is 0 Å². The lowest BCUT2D eigenvalue weighted by Gasteiger charge is -2.13. The molecule has 2 aromatic rings. The fourth-order valence-electron chi connectivity index (χ4n) is 2.41. The first kappa shape index (κ1) is 11.2. The van der Waals surface area contributed by atoms with Crippen LogP contribution in [0.4, 0.5) is 4.39 Å². The zero-order valence-electron chi connectivity index (χ0n) is 9.90. The summed E-state index contributed by atoms with van der Waals surface area (Å²) in [5, 5.41) is 0. The standard InChI is InChI=1S/C15H14FNO/c16-12-6-5-10-7-11(9-17)13-3-1-2-4-14(13)18-15(10)8-12/h1-6,8,11H,7,9,17H2/t11-/m0/s1. The van der Waals surface area contributed by atoms with Gasteiger partial charge in [-0.3, -0.25) is 0 Å². The van der Waals surface area contributed by atoms with Crippen molar-refractivity contribution in [1.29, 1.82) is 0 Å². The Bertz CT molecular complexity index is 582. The Morgan fingerprint density at radius 3 is 2.83 bits per heavy atom. The molecule has 0 fully saturated rings. The van der Waals surface area contributed by atoms with Gasteiger partial charge in [-0.25, -0.2) is 4.39 Å². The van der Waals surface area contributed by atoms with E-state index in [0.29, 0.717) is 12.3 Å². The van der Waals surface area contributed by atoms with Gasteiger partial charge in [-0.2, -0.15) is 0 Å². The molecule has 3 rings (SSSR count). The normalized spacial score (nSPS) is 17.3. The molecule has 2 aromatic carbocycles. The number of hydrogen-bond acceptors (Lipinski definition) is 2. The first-order valence-corrected chi connectivity index (χ1v) is 6.03. The summed E-state index contributed by atoms with van der Waals surface area (Å²) in [6, 6.07) is 12.5. The molecule has 0 aliphatic carbocycles. The van der Waals surface area contributed by atoms with Crippen molar-refractivity contribution in [3.05, 3.63) is 59.4 Å². The maximum Gasteiger partial charge on any atom is 0.133 e. The van der Waals surface area contributed by atoms with Crippen molar-refractivity contribution in [2.24, 2.45) is 5.73 Å². The van der Waals surface area contributed by atoms with Crippen molar-refractivity contribution >= 4 is 0 Å². The second kappa shape index (κ2) is 4.42. The van der Waals surface area contributed by atoms with Gasteiger partial charge >= 0.3 is 0 Å². The molecule has 0 radical (unpaired) electrons. The lowest BCUT2D eigenvalue weighted by molar-refractivity contribution is 0.472. The lowest BCUT2D eigenvalue weighted by Crippen LogP contribution is -2.14. The quantitative estimate of drug-likeness (QED) is 0.834. The van der Waals surface area contributed by atoms with Gasteiger partial charge in [0.05, 0.1) is 0 Å². The monoisotopic (exact) mass is 243 g/mol. The Labute approximate surface area is 105 Å². The van der Waals surface area contributed by atoms with Gasteiger partial charge in [-0.15, -0.1) is 0 Å². The van der Waals surface area contributed by atoms with E-state index in [0.717, 1.165) is 23.3 Å². The van der Waals surface area contributed by atoms with E-state index in [2.05, 4.69) is 0 Å². The molecule has 0 spiro atoms. The molecular formula is C15H14FNO. The van der Waals surface area contributed by atoms with E-state index in [9.17, 15) is 4.39 Å². The molecule has 3 heteroatoms. The van der Waals surface area contributed by atoms with Crippen LogP contribution < -0.4 is 10.5 Å². The summed E-state index contributed by atoms with van der Waals surface area (Å²) in [6.07, 6.45) is 0.781. The van der Waals surface area contributed by atoms with Crippen LogP contribution in [-0.2, 0) is 6.42 Å². The van der Waals surface area contributed by atoms with E-state index in [-0.39, 0.29) is 11.7 Å². The van der Waals surface area contributed by atoms with Crippen LogP contribution in [0.5, 0.6) is 11.5 Å². The molecular weight excluding hydrogens is 229 g/mol. The minimum atomic E-state index is -0.280. The van der Waals surface area contributed by atoms with Crippen molar-refractivity contribution in [1.82, 2.24) is 0 Å². The van der Waals surface area contributed by atoms with E-state index in [4.69, 9.17) is 10.5 Å². The Morgan fingerprint density at radius 2 is 2.00 bits per heavy atom. The number of fused-ring (bicyclic) bond motifs is 2. The summed E-state index contributed by atoms with van der Waals surface area (Å²) in [4.78, 5) is 0. The minimum absolute atomic E-state index is 0.216. The molecule has 2 N–H and O–H groups in total. The van der Waals surface area contributed by atoms with Gasteiger partial charge in [0.1, 0.15) is 17.3 Å². The minimum Gasteiger partial charge on any atom is -0.457 e. The number of hydrogen-bond donors (Lipinski definition) is 1. The van der Waals surface area contributed by atoms with Gasteiger partial charge in [0.25, 0.3) is 0 Å². The molecule has 0 saturated heterocycles. The third kappa shape index (κ3) is 1.87. The van der Waals surface area contributed by atoms with Crippen LogP contribution in [0.3, 0.4) is 0 Å². The van der Waals surface area contributed by atoms with Crippen LogP contribution in [0.2, 0.25) is 0 Å². The number of rotatable bonds is 1. The average molecular weight is 243 g/mol. The molecule has 2 nitrogen and oxygen atoms in total. The van der Waals surface area contributed by atoms with Gasteiger partial charge in [0, 0.05) is 12.0 Å². The number of para-hydroxylation sites is 1. The number of halogens is 1. The van der Waals surface area contributed by atoms with Gasteiger partial charge in [-0.05, 0) is 36.2 Å². The van der Waals surface area contributed by atoms with Crippen LogP contribution in [0.1, 0.15) is 17.0 Å². The van der Waals surface area contributed by atoms with Crippen LogP contribution in [0, 0.1) is 5.82 Å². The highest BCUT2D eigenvalue weighted by molar-refractivity contribution is 5.47. The molecule has 0 bridgehead atoms. The SMILES string of the molecule is NC[C@@H]1Cc2ccc(F)cc2Oc2ccccc21. The van der Waals surface area contributed by atoms with Crippen LogP contribution >= 0.6 is 0 Å². The van der Waals surface area contributed by atoms with Gasteiger partial charge in [0.2, 0.25) is 0 Å². The van der Waals surface area contributed by atoms with Crippen molar-refractivity contribution < 1.29 is 9.13 Å². The Morgan fingerprint density at radius 1 is 1.17 bits per heavy atom. The maximum atomic E-state index is 13.3. The predicted octanol–water partition coefficient (Wildman–Crippen LogP) is 3.22. The van der Waals surface area contributed by atoms with Gasteiger partial charge in [-0.1, -0.05) is 24.3 Å². The van der Waals surface area contributed by atoms with E-state index in [1.807, 2.05) is 24.3 Å². The third-order valence-corrected chi connectivity index (χ3v) is 3.36. The van der Waals surface area contributed by atoms with Gasteiger partial charge < -0.3 is 10.5 Å². The molecule has 1 aliphatic heterocycles. The van der Waals surface area contributed by atoms with E-state index >= 15 is 0 Å². The molecule has 0 aromatic heterocycles. The van der Waals surface area contributed by atoms with Crippen molar-refractivity contribution in [3.8, 4) is 11.5 Å². The fraction of sp³-hybridized carbons (Fsp3) is 0.200. The van der Waals surface area contributed by atoms with E-state index in [1.165, 1.54) is 12.1 Å². The first-order chi connectivity index (χ1) is 8.78. The van der Waals surface area contributed by atoms with E-state index < -0.39 is 0 Å². The van der Waals surface area contributed by atoms with Crippen molar-refractivity contribution in [2.75, 3.05) is 6.54 Å². The van der Waals surface area contributed by atoms with Crippen molar-refractivity contribution in [2.45, 2.75) is 12.3 Å². The Kier molecular flexibility index (Phi) is 2.76. The molecule has 18 heavy (non-hydrogen) atoms. The maximum absolute atomic E-state index is 13.3. The average Bonchev–Trinajstić information content (AvgIpc) is 2.54. The zero-order chi connectivity index (χ0) is 12.5. The highest BCUT2D eigenvalue weighted by atomic mass is 19.1. The molecule has 0 amide bonds. The Hall–Kier alpha value is -1.87. The van der Waals surface area contributed by atoms with E-state index in [1.54, 1.807) is 6.07 Å². The predicted molar refractivity (Wildman–Crippen MR) is 68.4 cm³/mol. The Balaban J connectivity index is 2.13. The van der Waals surface area contributed by atoms with Crippen LogP contribution in [0.15, 0.2) is 42.5 Å². The highest BCUT2D eigenvalue weighted by Gasteiger charge is 2.22. The number of benzene rings is 2. The third-order valence-electron chi connectivity index (χ3n) is 3.36. The second-order valence-electron chi connectivity index (χ2n) is 4.53. The summed E-state index contributed by atoms with van der Waals surface area (Å²) in [5.74, 6) is 1.31. The molecule has 1 atom stereocenters. The summed E-state index contributed by atoms with van der Waals surface area (Å²) in [6.45, 7) is 0.553. The molecule has 1 heterocycles. The molecule has 92 valence electrons. The van der Waals surface area contributed by atoms with Crippen LogP contribution in [0.25, 0.3) is 0 Å². The highest BCUT2D eigenvalue weighted by Crippen LogP contribution is 2.38. The lowest BCUT2D eigenvalue weighted by atomic mass is 9.92. The number of ether oxygens (including phenoxy) is 1. The summed E-state index contributed by atoms with van der Waals surface area (Å²) in [7, 11) is 0. The largest absolute Gasteiger partial charge is 0.457 e. The summed E-state index contributed by atoms with van der Waals surface area (Å²) < 4.78 is 19.1. The summed E-state index contributed by atoms with van der Waals surface area (Å²) in [5.41, 5.74) is 7.94. The first-order valence-electron chi connectivity index (χ1n) is 6.03. The smallest absolute Gasteiger partial charge is 0.133 e.